The fraction of sp³-hybridized carbons (Fsp3) is 0.600. The molecule has 1 atom stereocenters. The van der Waals surface area contributed by atoms with Gasteiger partial charge in [-0.1, -0.05) is 20.3 Å². The molecule has 1 unspecified atom stereocenters. The summed E-state index contributed by atoms with van der Waals surface area (Å²) in [6.45, 7) is 6.65. The zero-order chi connectivity index (χ0) is 12.7. The van der Waals surface area contributed by atoms with Gasteiger partial charge in [0, 0.05) is 0 Å². The molecule has 0 aliphatic rings. The Kier molecular flexibility index (Phi) is 5.88. The molecule has 17 heavy (non-hydrogen) atoms. The smallest absolute Gasteiger partial charge is 0.119 e. The van der Waals surface area contributed by atoms with Crippen LogP contribution in [0.1, 0.15) is 40.0 Å². The average Bonchev–Trinajstić information content (AvgIpc) is 2.29. The van der Waals surface area contributed by atoms with E-state index in [1.54, 1.807) is 7.11 Å². The predicted octanol–water partition coefficient (Wildman–Crippen LogP) is 4.29. The Labute approximate surface area is 105 Å². The highest BCUT2D eigenvalue weighted by molar-refractivity contribution is 5.31. The van der Waals surface area contributed by atoms with E-state index >= 15 is 0 Å². The molecule has 1 rings (SSSR count). The van der Waals surface area contributed by atoms with Crippen LogP contribution < -0.4 is 9.47 Å². The molecular formula is C15H24O2. The molecule has 0 aromatic heterocycles. The van der Waals surface area contributed by atoms with Crippen LogP contribution in [-0.4, -0.2) is 13.2 Å². The zero-order valence-electron chi connectivity index (χ0n) is 11.4. The molecule has 1 aromatic carbocycles. The van der Waals surface area contributed by atoms with Crippen LogP contribution in [0.5, 0.6) is 11.5 Å². The quantitative estimate of drug-likeness (QED) is 0.703. The van der Waals surface area contributed by atoms with Gasteiger partial charge in [0.2, 0.25) is 0 Å². The van der Waals surface area contributed by atoms with Crippen molar-refractivity contribution in [3.8, 4) is 11.5 Å². The molecule has 0 aliphatic heterocycles. The summed E-state index contributed by atoms with van der Waals surface area (Å²) in [4.78, 5) is 0. The molecule has 0 bridgehead atoms. The standard InChI is InChI=1S/C15H24O2/c1-12(2)6-5-7-13(3)17-15-10-8-14(16-4)9-11-15/h8-13H,5-7H2,1-4H3. The Morgan fingerprint density at radius 3 is 2.06 bits per heavy atom. The van der Waals surface area contributed by atoms with E-state index in [4.69, 9.17) is 9.47 Å². The van der Waals surface area contributed by atoms with Gasteiger partial charge in [-0.05, 0) is 49.9 Å². The highest BCUT2D eigenvalue weighted by Gasteiger charge is 2.05. The summed E-state index contributed by atoms with van der Waals surface area (Å²) in [5.41, 5.74) is 0. The first kappa shape index (κ1) is 13.9. The van der Waals surface area contributed by atoms with Crippen molar-refractivity contribution in [2.24, 2.45) is 5.92 Å². The molecule has 0 fully saturated rings. The van der Waals surface area contributed by atoms with Crippen LogP contribution in [0.2, 0.25) is 0 Å². The van der Waals surface area contributed by atoms with Crippen LogP contribution in [0.4, 0.5) is 0 Å². The van der Waals surface area contributed by atoms with Crippen molar-refractivity contribution in [2.45, 2.75) is 46.1 Å². The molecule has 1 aromatic rings. The van der Waals surface area contributed by atoms with Crippen molar-refractivity contribution in [3.63, 3.8) is 0 Å². The lowest BCUT2D eigenvalue weighted by molar-refractivity contribution is 0.204. The van der Waals surface area contributed by atoms with Gasteiger partial charge in [0.05, 0.1) is 13.2 Å². The van der Waals surface area contributed by atoms with Crippen LogP contribution in [0.15, 0.2) is 24.3 Å². The molecule has 0 heterocycles. The maximum atomic E-state index is 5.84. The average molecular weight is 236 g/mol. The van der Waals surface area contributed by atoms with Gasteiger partial charge in [-0.15, -0.1) is 0 Å². The second kappa shape index (κ2) is 7.21. The van der Waals surface area contributed by atoms with Crippen LogP contribution in [0, 0.1) is 5.92 Å². The summed E-state index contributed by atoms with van der Waals surface area (Å²) >= 11 is 0. The van der Waals surface area contributed by atoms with Crippen LogP contribution in [0.3, 0.4) is 0 Å². The molecule has 2 heteroatoms. The first-order valence-electron chi connectivity index (χ1n) is 6.42. The van der Waals surface area contributed by atoms with Crippen LogP contribution >= 0.6 is 0 Å². The van der Waals surface area contributed by atoms with Gasteiger partial charge in [0.15, 0.2) is 0 Å². The normalized spacial score (nSPS) is 12.5. The number of ether oxygens (including phenoxy) is 2. The minimum Gasteiger partial charge on any atom is -0.497 e. The van der Waals surface area contributed by atoms with Crippen molar-refractivity contribution >= 4 is 0 Å². The Morgan fingerprint density at radius 2 is 1.53 bits per heavy atom. The second-order valence-electron chi connectivity index (χ2n) is 4.93. The van der Waals surface area contributed by atoms with Gasteiger partial charge < -0.3 is 9.47 Å². The first-order chi connectivity index (χ1) is 8.11. The van der Waals surface area contributed by atoms with E-state index in [1.807, 2.05) is 24.3 Å². The predicted molar refractivity (Wildman–Crippen MR) is 71.8 cm³/mol. The van der Waals surface area contributed by atoms with Crippen molar-refractivity contribution < 1.29 is 9.47 Å². The fourth-order valence-corrected chi connectivity index (χ4v) is 1.76. The van der Waals surface area contributed by atoms with Gasteiger partial charge in [-0.2, -0.15) is 0 Å². The van der Waals surface area contributed by atoms with E-state index in [0.29, 0.717) is 0 Å². The van der Waals surface area contributed by atoms with Gasteiger partial charge in [-0.25, -0.2) is 0 Å². The number of hydrogen-bond donors (Lipinski definition) is 0. The molecular weight excluding hydrogens is 212 g/mol. The Balaban J connectivity index is 2.31. The van der Waals surface area contributed by atoms with Crippen molar-refractivity contribution in [2.75, 3.05) is 7.11 Å². The monoisotopic (exact) mass is 236 g/mol. The lowest BCUT2D eigenvalue weighted by Gasteiger charge is -2.15. The molecule has 0 N–H and O–H groups in total. The van der Waals surface area contributed by atoms with Gasteiger partial charge in [0.25, 0.3) is 0 Å². The Hall–Kier alpha value is -1.18. The second-order valence-corrected chi connectivity index (χ2v) is 4.93. The fourth-order valence-electron chi connectivity index (χ4n) is 1.76. The Bertz CT molecular complexity index is 303. The topological polar surface area (TPSA) is 18.5 Å². The van der Waals surface area contributed by atoms with Crippen molar-refractivity contribution in [3.05, 3.63) is 24.3 Å². The highest BCUT2D eigenvalue weighted by atomic mass is 16.5. The summed E-state index contributed by atoms with van der Waals surface area (Å²) in [7, 11) is 1.67. The summed E-state index contributed by atoms with van der Waals surface area (Å²) in [5.74, 6) is 2.57. The lowest BCUT2D eigenvalue weighted by atomic mass is 10.0. The van der Waals surface area contributed by atoms with Gasteiger partial charge in [0.1, 0.15) is 11.5 Å². The van der Waals surface area contributed by atoms with Crippen LogP contribution in [0.25, 0.3) is 0 Å². The minimum atomic E-state index is 0.280. The number of hydrogen-bond acceptors (Lipinski definition) is 2. The summed E-state index contributed by atoms with van der Waals surface area (Å²) < 4.78 is 10.9. The van der Waals surface area contributed by atoms with Crippen molar-refractivity contribution in [1.29, 1.82) is 0 Å². The molecule has 0 aliphatic carbocycles. The third kappa shape index (κ3) is 5.62. The first-order valence-corrected chi connectivity index (χ1v) is 6.42. The minimum absolute atomic E-state index is 0.280. The third-order valence-electron chi connectivity index (χ3n) is 2.79. The summed E-state index contributed by atoms with van der Waals surface area (Å²) in [5, 5.41) is 0. The van der Waals surface area contributed by atoms with Crippen LogP contribution in [-0.2, 0) is 0 Å². The number of methoxy groups -OCH3 is 1. The molecule has 0 saturated carbocycles. The maximum absolute atomic E-state index is 5.84. The molecule has 0 saturated heterocycles. The van der Waals surface area contributed by atoms with E-state index in [9.17, 15) is 0 Å². The van der Waals surface area contributed by atoms with E-state index < -0.39 is 0 Å². The summed E-state index contributed by atoms with van der Waals surface area (Å²) in [6, 6.07) is 7.77. The van der Waals surface area contributed by atoms with Crippen molar-refractivity contribution in [1.82, 2.24) is 0 Å². The molecule has 0 spiro atoms. The van der Waals surface area contributed by atoms with Gasteiger partial charge >= 0.3 is 0 Å². The number of rotatable bonds is 7. The summed E-state index contributed by atoms with van der Waals surface area (Å²) in [6.07, 6.45) is 3.90. The highest BCUT2D eigenvalue weighted by Crippen LogP contribution is 2.19. The maximum Gasteiger partial charge on any atom is 0.119 e. The van der Waals surface area contributed by atoms with E-state index in [2.05, 4.69) is 20.8 Å². The third-order valence-corrected chi connectivity index (χ3v) is 2.79. The van der Waals surface area contributed by atoms with E-state index in [1.165, 1.54) is 12.8 Å². The van der Waals surface area contributed by atoms with E-state index in [-0.39, 0.29) is 6.10 Å². The molecule has 96 valence electrons. The molecule has 0 radical (unpaired) electrons. The molecule has 2 nitrogen and oxygen atoms in total. The van der Waals surface area contributed by atoms with Gasteiger partial charge in [-0.3, -0.25) is 0 Å². The van der Waals surface area contributed by atoms with E-state index in [0.717, 1.165) is 23.8 Å². The Morgan fingerprint density at radius 1 is 0.941 bits per heavy atom. The molecule has 0 amide bonds. The SMILES string of the molecule is COc1ccc(OC(C)CCCC(C)C)cc1. The lowest BCUT2D eigenvalue weighted by Crippen LogP contribution is -2.11. The largest absolute Gasteiger partial charge is 0.497 e. The zero-order valence-corrected chi connectivity index (χ0v) is 11.4. The number of benzene rings is 1.